The van der Waals surface area contributed by atoms with Crippen LogP contribution >= 0.6 is 0 Å². The van der Waals surface area contributed by atoms with Gasteiger partial charge < -0.3 is 30.0 Å². The van der Waals surface area contributed by atoms with Gasteiger partial charge >= 0.3 is 5.97 Å². The topological polar surface area (TPSA) is 147 Å². The predicted octanol–water partition coefficient (Wildman–Crippen LogP) is 5.36. The van der Waals surface area contributed by atoms with Crippen LogP contribution in [0.25, 0.3) is 0 Å². The van der Waals surface area contributed by atoms with Crippen LogP contribution in [0.15, 0.2) is 47.6 Å². The summed E-state index contributed by atoms with van der Waals surface area (Å²) in [4.78, 5) is 25.4. The third-order valence-corrected chi connectivity index (χ3v) is 9.18. The van der Waals surface area contributed by atoms with Crippen molar-refractivity contribution >= 4 is 23.7 Å². The van der Waals surface area contributed by atoms with E-state index < -0.39 is 29.4 Å². The monoisotopic (exact) mass is 634 g/mol. The Morgan fingerprint density at radius 3 is 2.65 bits per heavy atom. The Bertz CT molecular complexity index is 1700. The fourth-order valence-corrected chi connectivity index (χ4v) is 6.99. The number of hydrogen-bond acceptors (Lipinski definition) is 10. The van der Waals surface area contributed by atoms with Crippen molar-refractivity contribution in [2.24, 2.45) is 28.5 Å². The number of anilines is 1. The van der Waals surface area contributed by atoms with Crippen molar-refractivity contribution in [1.29, 1.82) is 5.41 Å². The number of phenolic OH excluding ortho intramolecular Hbond substituents is 1. The molecule has 6 rings (SSSR count). The van der Waals surface area contributed by atoms with Gasteiger partial charge in [-0.15, -0.1) is 0 Å². The number of aromatic nitrogens is 1. The molecular formula is C33H36F2N6O5. The summed E-state index contributed by atoms with van der Waals surface area (Å²) in [7, 11) is 3.84. The Morgan fingerprint density at radius 1 is 1.15 bits per heavy atom. The molecule has 11 nitrogen and oxygen atoms in total. The molecule has 0 radical (unpaired) electrons. The van der Waals surface area contributed by atoms with Gasteiger partial charge in [0.05, 0.1) is 18.7 Å². The maximum absolute atomic E-state index is 15.8. The first-order valence-electron chi connectivity index (χ1n) is 15.2. The minimum absolute atomic E-state index is 0.0464. The van der Waals surface area contributed by atoms with Crippen LogP contribution in [0.2, 0.25) is 0 Å². The Morgan fingerprint density at radius 2 is 1.93 bits per heavy atom. The van der Waals surface area contributed by atoms with E-state index >= 15 is 8.78 Å². The molecular weight excluding hydrogens is 598 g/mol. The third kappa shape index (κ3) is 5.70. The number of phenols is 1. The average Bonchev–Trinajstić information content (AvgIpc) is 3.78. The summed E-state index contributed by atoms with van der Waals surface area (Å²) in [6.45, 7) is 2.71. The summed E-state index contributed by atoms with van der Waals surface area (Å²) in [6.07, 6.45) is 5.06. The summed E-state index contributed by atoms with van der Waals surface area (Å²) in [5.74, 6) is -4.19. The maximum atomic E-state index is 15.8. The zero-order valence-electron chi connectivity index (χ0n) is 25.7. The Hall–Kier alpha value is -4.78. The molecule has 242 valence electrons. The first kappa shape index (κ1) is 31.2. The number of esters is 1. The quantitative estimate of drug-likeness (QED) is 0.152. The number of carbonyl (C=O) groups excluding carboxylic acids is 1. The molecule has 2 fully saturated rings. The lowest BCUT2D eigenvalue weighted by Gasteiger charge is -2.38. The van der Waals surface area contributed by atoms with Gasteiger partial charge in [0.2, 0.25) is 11.6 Å². The fourth-order valence-electron chi connectivity index (χ4n) is 6.99. The van der Waals surface area contributed by atoms with Crippen molar-refractivity contribution in [3.63, 3.8) is 0 Å². The van der Waals surface area contributed by atoms with Gasteiger partial charge in [-0.2, -0.15) is 4.39 Å². The van der Waals surface area contributed by atoms with Gasteiger partial charge in [0, 0.05) is 42.7 Å². The highest BCUT2D eigenvalue weighted by atomic mass is 19.1. The van der Waals surface area contributed by atoms with Gasteiger partial charge in [-0.1, -0.05) is 0 Å². The minimum Gasteiger partial charge on any atom is -0.504 e. The number of aliphatic imine (C=N–C) groups is 1. The highest BCUT2D eigenvalue weighted by Gasteiger charge is 2.53. The number of halogens is 2. The number of rotatable bonds is 10. The summed E-state index contributed by atoms with van der Waals surface area (Å²) in [5.41, 5.74) is 7.13. The van der Waals surface area contributed by atoms with E-state index in [-0.39, 0.29) is 52.5 Å². The molecule has 1 aromatic heterocycles. The number of fused-ring (bicyclic) bond motifs is 2. The Labute approximate surface area is 265 Å². The molecule has 2 aromatic carbocycles. The lowest BCUT2D eigenvalue weighted by Crippen LogP contribution is -2.46. The molecule has 2 saturated carbocycles. The Balaban J connectivity index is 1.34. The zero-order chi connectivity index (χ0) is 32.7. The van der Waals surface area contributed by atoms with E-state index in [0.29, 0.717) is 24.6 Å². The second-order valence-electron chi connectivity index (χ2n) is 11.9. The highest BCUT2D eigenvalue weighted by Crippen LogP contribution is 2.52. The van der Waals surface area contributed by atoms with Gasteiger partial charge in [-0.25, -0.2) is 9.37 Å². The van der Waals surface area contributed by atoms with E-state index in [1.807, 2.05) is 32.0 Å². The van der Waals surface area contributed by atoms with Crippen molar-refractivity contribution in [3.8, 4) is 28.9 Å². The van der Waals surface area contributed by atoms with Crippen LogP contribution in [0.3, 0.4) is 0 Å². The molecule has 3 aliphatic rings. The van der Waals surface area contributed by atoms with Gasteiger partial charge in [0.1, 0.15) is 17.8 Å². The van der Waals surface area contributed by atoms with Crippen molar-refractivity contribution in [2.75, 3.05) is 32.1 Å². The molecule has 13 heteroatoms. The fraction of sp³-hybridized carbons (Fsp3) is 0.394. The molecule has 5 atom stereocenters. The molecule has 2 aliphatic carbocycles. The summed E-state index contributed by atoms with van der Waals surface area (Å²) < 4.78 is 47.7. The van der Waals surface area contributed by atoms with Crippen LogP contribution < -0.4 is 20.1 Å². The molecule has 4 N–H and O–H groups in total. The lowest BCUT2D eigenvalue weighted by atomic mass is 9.83. The van der Waals surface area contributed by atoms with Crippen LogP contribution in [-0.4, -0.2) is 66.3 Å². The number of benzene rings is 2. The van der Waals surface area contributed by atoms with Crippen molar-refractivity contribution in [1.82, 2.24) is 9.88 Å². The Kier molecular flexibility index (Phi) is 8.51. The number of amidine groups is 1. The van der Waals surface area contributed by atoms with Gasteiger partial charge in [0.15, 0.2) is 17.3 Å². The van der Waals surface area contributed by atoms with E-state index in [0.717, 1.165) is 31.1 Å². The summed E-state index contributed by atoms with van der Waals surface area (Å²) in [6, 6.07) is 9.14. The molecule has 2 heterocycles. The van der Waals surface area contributed by atoms with Crippen LogP contribution in [0.1, 0.15) is 43.5 Å². The molecule has 5 unspecified atom stereocenters. The van der Waals surface area contributed by atoms with Gasteiger partial charge in [0.25, 0.3) is 5.88 Å². The van der Waals surface area contributed by atoms with Crippen molar-refractivity contribution < 1.29 is 32.9 Å². The maximum Gasteiger partial charge on any atom is 0.311 e. The average molecular weight is 635 g/mol. The molecule has 46 heavy (non-hydrogen) atoms. The predicted molar refractivity (Wildman–Crippen MR) is 167 cm³/mol. The number of hydrogen-bond donors (Lipinski definition) is 3. The smallest absolute Gasteiger partial charge is 0.311 e. The standard InChI is InChI=1S/C33H36F2N6O5/c1-4-44-33(43)26-17-5-6-18(13-17)28(26)41(3)20-8-10-24(21(15-20)31-38-11-12-40(31)2)45-29-22(34)16-39-32(27(29)35)46-25-14-19(30(36)37)7-9-23(25)42/h7-11,14-18,26,28,31,42H,4-6,12-13H2,1-3H3,(H3,36,37). The number of nitrogens with one attached hydrogen (secondary N) is 1. The minimum atomic E-state index is -1.23. The van der Waals surface area contributed by atoms with Crippen LogP contribution in [0.4, 0.5) is 14.5 Å². The van der Waals surface area contributed by atoms with Gasteiger partial charge in [-0.3, -0.25) is 20.1 Å². The van der Waals surface area contributed by atoms with E-state index in [1.54, 1.807) is 18.3 Å². The highest BCUT2D eigenvalue weighted by molar-refractivity contribution is 5.95. The number of nitrogen functional groups attached to an aromatic ring is 1. The second-order valence-corrected chi connectivity index (χ2v) is 11.9. The molecule has 2 bridgehead atoms. The van der Waals surface area contributed by atoms with Gasteiger partial charge in [-0.05, 0) is 81.5 Å². The number of nitrogens with zero attached hydrogens (tertiary/aromatic N) is 4. The van der Waals surface area contributed by atoms with E-state index in [4.69, 9.17) is 25.4 Å². The number of ether oxygens (including phenoxy) is 3. The van der Waals surface area contributed by atoms with E-state index in [2.05, 4.69) is 14.9 Å². The number of aromatic hydroxyl groups is 1. The van der Waals surface area contributed by atoms with E-state index in [1.165, 1.54) is 18.2 Å². The van der Waals surface area contributed by atoms with Crippen LogP contribution in [0.5, 0.6) is 28.9 Å². The molecule has 3 aromatic rings. The van der Waals surface area contributed by atoms with E-state index in [9.17, 15) is 9.90 Å². The van der Waals surface area contributed by atoms with Crippen molar-refractivity contribution in [2.45, 2.75) is 38.4 Å². The molecule has 0 amide bonds. The summed E-state index contributed by atoms with van der Waals surface area (Å²) >= 11 is 0. The third-order valence-electron chi connectivity index (χ3n) is 9.18. The number of pyridine rings is 1. The molecule has 0 spiro atoms. The zero-order valence-corrected chi connectivity index (χ0v) is 25.7. The molecule has 1 aliphatic heterocycles. The normalized spacial score (nSPS) is 23.5. The first-order valence-corrected chi connectivity index (χ1v) is 15.2. The lowest BCUT2D eigenvalue weighted by molar-refractivity contribution is -0.150. The largest absolute Gasteiger partial charge is 0.504 e. The van der Waals surface area contributed by atoms with Crippen LogP contribution in [-0.2, 0) is 9.53 Å². The SMILES string of the molecule is CCOC(=O)C1C2CCC(C2)C1N(C)c1ccc(Oc2c(F)cnc(Oc3cc(C(=N)N)ccc3O)c2F)c(C2N=CCN2C)c1. The molecule has 0 saturated heterocycles. The van der Waals surface area contributed by atoms with Crippen LogP contribution in [0, 0.1) is 34.8 Å². The first-order chi connectivity index (χ1) is 22.1. The summed E-state index contributed by atoms with van der Waals surface area (Å²) in [5, 5.41) is 17.8. The van der Waals surface area contributed by atoms with Crippen molar-refractivity contribution in [3.05, 3.63) is 65.4 Å². The number of carbonyl (C=O) groups is 1. The second kappa shape index (κ2) is 12.5. The number of nitrogens with two attached hydrogens (primary N) is 1.